The second-order valence-electron chi connectivity index (χ2n) is 6.50. The molecule has 0 saturated carbocycles. The largest absolute Gasteiger partial charge is 0.417 e. The van der Waals surface area contributed by atoms with E-state index >= 15 is 0 Å². The van der Waals surface area contributed by atoms with E-state index in [-0.39, 0.29) is 11.3 Å². The number of anilines is 1. The lowest BCUT2D eigenvalue weighted by Crippen LogP contribution is -2.22. The van der Waals surface area contributed by atoms with Crippen LogP contribution in [0.5, 0.6) is 0 Å². The zero-order chi connectivity index (χ0) is 22.1. The van der Waals surface area contributed by atoms with Crippen molar-refractivity contribution in [2.24, 2.45) is 7.05 Å². The Hall–Kier alpha value is -3.26. The third-order valence-corrected chi connectivity index (χ3v) is 4.85. The van der Waals surface area contributed by atoms with Gasteiger partial charge in [0.1, 0.15) is 5.69 Å². The second-order valence-corrected chi connectivity index (χ2v) is 6.90. The van der Waals surface area contributed by atoms with Gasteiger partial charge in [-0.1, -0.05) is 35.9 Å². The van der Waals surface area contributed by atoms with E-state index in [1.54, 1.807) is 42.9 Å². The van der Waals surface area contributed by atoms with E-state index in [4.69, 9.17) is 11.6 Å². The number of hydrogen-bond donors (Lipinski definition) is 1. The maximum atomic E-state index is 13.0. The van der Waals surface area contributed by atoms with Crippen LogP contribution in [0.4, 0.5) is 18.9 Å². The molecule has 1 N–H and O–H groups in total. The first-order valence-corrected chi connectivity index (χ1v) is 9.17. The summed E-state index contributed by atoms with van der Waals surface area (Å²) in [6.45, 7) is 1.68. The Morgan fingerprint density at radius 2 is 1.80 bits per heavy atom. The predicted molar refractivity (Wildman–Crippen MR) is 110 cm³/mol. The van der Waals surface area contributed by atoms with Gasteiger partial charge >= 0.3 is 6.18 Å². The average molecular weight is 436 g/mol. The third-order valence-electron chi connectivity index (χ3n) is 4.53. The first-order chi connectivity index (χ1) is 14.1. The number of para-hydroxylation sites is 1. The number of carbonyl (C=O) groups is 1. The molecule has 30 heavy (non-hydrogen) atoms. The van der Waals surface area contributed by atoms with Crippen LogP contribution in [-0.2, 0) is 18.0 Å². The van der Waals surface area contributed by atoms with E-state index in [0.29, 0.717) is 11.4 Å². The number of alkyl halides is 3. The van der Waals surface area contributed by atoms with Gasteiger partial charge in [-0.3, -0.25) is 14.3 Å². The van der Waals surface area contributed by atoms with Gasteiger partial charge in [0.15, 0.2) is 0 Å². The molecule has 9 heteroatoms. The first kappa shape index (κ1) is 21.4. The van der Waals surface area contributed by atoms with Gasteiger partial charge in [-0.2, -0.15) is 13.2 Å². The molecule has 3 aromatic rings. The van der Waals surface area contributed by atoms with Crippen LogP contribution in [0.1, 0.15) is 16.8 Å². The van der Waals surface area contributed by atoms with Gasteiger partial charge in [0.25, 0.3) is 5.56 Å². The molecule has 1 aromatic heterocycles. The van der Waals surface area contributed by atoms with E-state index in [9.17, 15) is 22.8 Å². The molecule has 5 nitrogen and oxygen atoms in total. The minimum absolute atomic E-state index is 0.0862. The van der Waals surface area contributed by atoms with Crippen LogP contribution in [0.15, 0.2) is 59.4 Å². The number of nitrogens with one attached hydrogen (secondary N) is 1. The minimum Gasteiger partial charge on any atom is -0.316 e. The molecule has 0 aliphatic heterocycles. The van der Waals surface area contributed by atoms with Gasteiger partial charge in [0.2, 0.25) is 5.91 Å². The molecule has 0 unspecified atom stereocenters. The Bertz CT molecular complexity index is 1180. The average Bonchev–Trinajstić information content (AvgIpc) is 2.90. The lowest BCUT2D eigenvalue weighted by atomic mass is 10.1. The summed E-state index contributed by atoms with van der Waals surface area (Å²) in [4.78, 5) is 25.1. The quantitative estimate of drug-likeness (QED) is 0.598. The molecule has 0 fully saturated rings. The summed E-state index contributed by atoms with van der Waals surface area (Å²) in [7, 11) is 1.68. The highest BCUT2D eigenvalue weighted by molar-refractivity contribution is 6.31. The van der Waals surface area contributed by atoms with Crippen LogP contribution in [0.25, 0.3) is 11.8 Å². The Kier molecular flexibility index (Phi) is 5.89. The molecular formula is C21H17ClF3N3O2. The first-order valence-electron chi connectivity index (χ1n) is 8.79. The van der Waals surface area contributed by atoms with Crippen LogP contribution in [0.2, 0.25) is 5.02 Å². The molecule has 156 valence electrons. The monoisotopic (exact) mass is 435 g/mol. The summed E-state index contributed by atoms with van der Waals surface area (Å²) in [5.74, 6) is -0.649. The molecule has 0 aliphatic carbocycles. The summed E-state index contributed by atoms with van der Waals surface area (Å²) in [6.07, 6.45) is -2.33. The third kappa shape index (κ3) is 4.33. The number of halogens is 4. The van der Waals surface area contributed by atoms with Gasteiger partial charge in [-0.15, -0.1) is 0 Å². The number of amides is 1. The zero-order valence-electron chi connectivity index (χ0n) is 16.0. The minimum atomic E-state index is -4.60. The smallest absolute Gasteiger partial charge is 0.316 e. The fourth-order valence-electron chi connectivity index (χ4n) is 2.91. The molecule has 1 heterocycles. The van der Waals surface area contributed by atoms with Gasteiger partial charge in [0, 0.05) is 13.1 Å². The van der Waals surface area contributed by atoms with Crippen molar-refractivity contribution in [2.45, 2.75) is 13.1 Å². The fourth-order valence-corrected chi connectivity index (χ4v) is 3.14. The number of hydrogen-bond acceptors (Lipinski definition) is 2. The van der Waals surface area contributed by atoms with Crippen molar-refractivity contribution in [1.29, 1.82) is 0 Å². The molecule has 0 bridgehead atoms. The molecule has 2 aromatic carbocycles. The molecule has 0 radical (unpaired) electrons. The Morgan fingerprint density at radius 3 is 2.43 bits per heavy atom. The fraction of sp³-hybridized carbons (Fsp3) is 0.143. The standard InChI is InChI=1S/C21H17ClF3N3O2/c1-13-19(20(30)28(27(13)2)15-6-4-3-5-7-15)26-18(29)11-9-14-8-10-17(22)16(12-14)21(23,24)25/h3-12H,1-2H3,(H,26,29)/b11-9+. The molecule has 0 aliphatic rings. The van der Waals surface area contributed by atoms with Gasteiger partial charge in [-0.05, 0) is 42.8 Å². The number of carbonyl (C=O) groups excluding carboxylic acids is 1. The van der Waals surface area contributed by atoms with Crippen LogP contribution < -0.4 is 10.9 Å². The van der Waals surface area contributed by atoms with Crippen molar-refractivity contribution in [3.63, 3.8) is 0 Å². The van der Waals surface area contributed by atoms with Crippen LogP contribution >= 0.6 is 11.6 Å². The summed E-state index contributed by atoms with van der Waals surface area (Å²) in [5, 5.41) is 2.08. The maximum absolute atomic E-state index is 13.0. The van der Waals surface area contributed by atoms with Crippen molar-refractivity contribution >= 4 is 29.3 Å². The van der Waals surface area contributed by atoms with Crippen LogP contribution in [0.3, 0.4) is 0 Å². The topological polar surface area (TPSA) is 56.0 Å². The number of benzene rings is 2. The van der Waals surface area contributed by atoms with E-state index in [1.807, 2.05) is 6.07 Å². The lowest BCUT2D eigenvalue weighted by molar-refractivity contribution is -0.137. The van der Waals surface area contributed by atoms with E-state index < -0.39 is 28.2 Å². The van der Waals surface area contributed by atoms with Crippen molar-refractivity contribution in [3.8, 4) is 5.69 Å². The molecule has 0 saturated heterocycles. The Balaban J connectivity index is 1.85. The van der Waals surface area contributed by atoms with E-state index in [0.717, 1.165) is 18.2 Å². The Labute approximate surface area is 175 Å². The molecule has 3 rings (SSSR count). The zero-order valence-corrected chi connectivity index (χ0v) is 16.8. The molecular weight excluding hydrogens is 419 g/mol. The van der Waals surface area contributed by atoms with Crippen molar-refractivity contribution in [2.75, 3.05) is 5.32 Å². The molecule has 0 atom stereocenters. The highest BCUT2D eigenvalue weighted by Crippen LogP contribution is 2.35. The number of aromatic nitrogens is 2. The van der Waals surface area contributed by atoms with Crippen LogP contribution in [-0.4, -0.2) is 15.3 Å². The van der Waals surface area contributed by atoms with Crippen molar-refractivity contribution in [1.82, 2.24) is 9.36 Å². The maximum Gasteiger partial charge on any atom is 0.417 e. The number of rotatable bonds is 4. The normalized spacial score (nSPS) is 11.8. The van der Waals surface area contributed by atoms with Gasteiger partial charge in [0.05, 0.1) is 22.0 Å². The van der Waals surface area contributed by atoms with Crippen molar-refractivity contribution < 1.29 is 18.0 Å². The summed E-state index contributed by atoms with van der Waals surface area (Å²) < 4.78 is 41.9. The van der Waals surface area contributed by atoms with Gasteiger partial charge < -0.3 is 5.32 Å². The number of nitrogens with zero attached hydrogens (tertiary/aromatic N) is 2. The second kappa shape index (κ2) is 8.23. The molecule has 1 amide bonds. The van der Waals surface area contributed by atoms with E-state index in [2.05, 4.69) is 5.32 Å². The van der Waals surface area contributed by atoms with Crippen LogP contribution in [0, 0.1) is 6.92 Å². The SMILES string of the molecule is Cc1c(NC(=O)/C=C/c2ccc(Cl)c(C(F)(F)F)c2)c(=O)n(-c2ccccc2)n1C. The predicted octanol–water partition coefficient (Wildman–Crippen LogP) is 4.81. The summed E-state index contributed by atoms with van der Waals surface area (Å²) in [5.41, 5.74) is -0.0249. The Morgan fingerprint density at radius 1 is 1.13 bits per heavy atom. The highest BCUT2D eigenvalue weighted by atomic mass is 35.5. The highest BCUT2D eigenvalue weighted by Gasteiger charge is 2.33. The summed E-state index contributed by atoms with van der Waals surface area (Å²) >= 11 is 5.59. The van der Waals surface area contributed by atoms with Crippen molar-refractivity contribution in [3.05, 3.63) is 86.8 Å². The van der Waals surface area contributed by atoms with E-state index in [1.165, 1.54) is 16.8 Å². The lowest BCUT2D eigenvalue weighted by Gasteiger charge is -2.09. The summed E-state index contributed by atoms with van der Waals surface area (Å²) in [6, 6.07) is 12.2. The van der Waals surface area contributed by atoms with Gasteiger partial charge in [-0.25, -0.2) is 4.68 Å². The molecule has 0 spiro atoms.